The first-order chi connectivity index (χ1) is 15.0. The normalized spacial score (nSPS) is 19.8. The molecule has 1 aliphatic heterocycles. The van der Waals surface area contributed by atoms with Crippen LogP contribution < -0.4 is 5.32 Å². The van der Waals surface area contributed by atoms with Gasteiger partial charge in [-0.3, -0.25) is 14.5 Å². The third-order valence-electron chi connectivity index (χ3n) is 6.83. The SMILES string of the molecule is CCCCN(Cc1ccccc1)CC1CCc2cc(C)c3c(c2C1=O)C(C)CC(=O)N3.Cl. The van der Waals surface area contributed by atoms with Crippen molar-refractivity contribution in [2.24, 2.45) is 5.92 Å². The van der Waals surface area contributed by atoms with E-state index in [1.165, 1.54) is 11.1 Å². The number of amides is 1. The first kappa shape index (κ1) is 24.5. The number of carbonyl (C=O) groups is 2. The number of anilines is 1. The Morgan fingerprint density at radius 1 is 1.16 bits per heavy atom. The van der Waals surface area contributed by atoms with Crippen molar-refractivity contribution in [2.75, 3.05) is 18.4 Å². The fourth-order valence-corrected chi connectivity index (χ4v) is 5.24. The molecule has 0 spiro atoms. The second kappa shape index (κ2) is 10.6. The minimum Gasteiger partial charge on any atom is -0.326 e. The Hall–Kier alpha value is -2.17. The molecule has 0 saturated carbocycles. The Bertz CT molecular complexity index is 973. The lowest BCUT2D eigenvalue weighted by atomic mass is 9.75. The van der Waals surface area contributed by atoms with Crippen molar-refractivity contribution >= 4 is 29.8 Å². The lowest BCUT2D eigenvalue weighted by Crippen LogP contribution is -2.37. The van der Waals surface area contributed by atoms with Gasteiger partial charge in [0.2, 0.25) is 5.91 Å². The quantitative estimate of drug-likeness (QED) is 0.565. The maximum Gasteiger partial charge on any atom is 0.224 e. The van der Waals surface area contributed by atoms with E-state index < -0.39 is 0 Å². The first-order valence-corrected chi connectivity index (χ1v) is 11.7. The smallest absolute Gasteiger partial charge is 0.224 e. The molecule has 1 N–H and O–H groups in total. The molecule has 0 fully saturated rings. The zero-order valence-corrected chi connectivity index (χ0v) is 20.3. The molecule has 2 aromatic rings. The Balaban J connectivity index is 0.00000289. The maximum absolute atomic E-state index is 13.7. The molecule has 2 unspecified atom stereocenters. The topological polar surface area (TPSA) is 49.4 Å². The van der Waals surface area contributed by atoms with Crippen LogP contribution in [0, 0.1) is 12.8 Å². The Kier molecular flexibility index (Phi) is 8.13. The summed E-state index contributed by atoms with van der Waals surface area (Å²) in [5, 5.41) is 3.04. The average molecular weight is 455 g/mol. The second-order valence-electron chi connectivity index (χ2n) is 9.34. The molecule has 2 atom stereocenters. The van der Waals surface area contributed by atoms with Crippen LogP contribution in [0.5, 0.6) is 0 Å². The van der Waals surface area contributed by atoms with Crippen molar-refractivity contribution in [3.8, 4) is 0 Å². The summed E-state index contributed by atoms with van der Waals surface area (Å²) in [7, 11) is 0. The van der Waals surface area contributed by atoms with Gasteiger partial charge in [-0.05, 0) is 60.9 Å². The minimum absolute atomic E-state index is 0. The van der Waals surface area contributed by atoms with Gasteiger partial charge in [-0.25, -0.2) is 0 Å². The van der Waals surface area contributed by atoms with Gasteiger partial charge in [-0.2, -0.15) is 0 Å². The van der Waals surface area contributed by atoms with Crippen molar-refractivity contribution < 1.29 is 9.59 Å². The molecule has 2 aliphatic rings. The molecule has 1 heterocycles. The predicted octanol–water partition coefficient (Wildman–Crippen LogP) is 5.91. The highest BCUT2D eigenvalue weighted by Gasteiger charge is 2.36. The van der Waals surface area contributed by atoms with Crippen LogP contribution in [0.25, 0.3) is 0 Å². The van der Waals surface area contributed by atoms with Gasteiger partial charge in [0.15, 0.2) is 5.78 Å². The van der Waals surface area contributed by atoms with E-state index >= 15 is 0 Å². The Morgan fingerprint density at radius 2 is 1.91 bits per heavy atom. The third kappa shape index (κ3) is 5.07. The van der Waals surface area contributed by atoms with E-state index in [0.29, 0.717) is 6.42 Å². The van der Waals surface area contributed by atoms with Gasteiger partial charge in [0.1, 0.15) is 0 Å². The molecule has 2 aromatic carbocycles. The number of ketones is 1. The van der Waals surface area contributed by atoms with Crippen LogP contribution >= 0.6 is 12.4 Å². The summed E-state index contributed by atoms with van der Waals surface area (Å²) in [6.45, 7) is 9.04. The number of aryl methyl sites for hydroxylation is 2. The molecule has 5 heteroatoms. The summed E-state index contributed by atoms with van der Waals surface area (Å²) in [5.41, 5.74) is 6.40. The van der Waals surface area contributed by atoms with E-state index in [-0.39, 0.29) is 35.9 Å². The van der Waals surface area contributed by atoms with Crippen LogP contribution in [0.2, 0.25) is 0 Å². The molecule has 1 amide bonds. The van der Waals surface area contributed by atoms with E-state index in [1.807, 2.05) is 13.0 Å². The molecule has 0 bridgehead atoms. The molecule has 4 rings (SSSR count). The number of hydrogen-bond acceptors (Lipinski definition) is 3. The largest absolute Gasteiger partial charge is 0.326 e. The number of benzene rings is 2. The van der Waals surface area contributed by atoms with E-state index in [1.54, 1.807) is 0 Å². The van der Waals surface area contributed by atoms with Gasteiger partial charge >= 0.3 is 0 Å². The molecule has 0 radical (unpaired) electrons. The average Bonchev–Trinajstić information content (AvgIpc) is 2.75. The fourth-order valence-electron chi connectivity index (χ4n) is 5.24. The van der Waals surface area contributed by atoms with Crippen LogP contribution in [0.15, 0.2) is 36.4 Å². The van der Waals surface area contributed by atoms with Crippen LogP contribution in [-0.2, 0) is 17.8 Å². The summed E-state index contributed by atoms with van der Waals surface area (Å²) in [4.78, 5) is 28.3. The van der Waals surface area contributed by atoms with Crippen LogP contribution in [0.1, 0.15) is 78.1 Å². The molecule has 4 nitrogen and oxygen atoms in total. The van der Waals surface area contributed by atoms with Crippen LogP contribution in [-0.4, -0.2) is 29.7 Å². The summed E-state index contributed by atoms with van der Waals surface area (Å²) in [6.07, 6.45) is 4.59. The van der Waals surface area contributed by atoms with E-state index in [4.69, 9.17) is 0 Å². The predicted molar refractivity (Wildman–Crippen MR) is 133 cm³/mol. The zero-order valence-electron chi connectivity index (χ0n) is 19.4. The monoisotopic (exact) mass is 454 g/mol. The minimum atomic E-state index is 0. The molecule has 0 aromatic heterocycles. The summed E-state index contributed by atoms with van der Waals surface area (Å²) in [6, 6.07) is 12.7. The highest BCUT2D eigenvalue weighted by atomic mass is 35.5. The molecule has 0 saturated heterocycles. The first-order valence-electron chi connectivity index (χ1n) is 11.7. The van der Waals surface area contributed by atoms with Crippen molar-refractivity contribution in [1.82, 2.24) is 4.90 Å². The number of nitrogens with zero attached hydrogens (tertiary/aromatic N) is 1. The zero-order chi connectivity index (χ0) is 22.0. The summed E-state index contributed by atoms with van der Waals surface area (Å²) < 4.78 is 0. The highest BCUT2D eigenvalue weighted by Crippen LogP contribution is 2.42. The Morgan fingerprint density at radius 3 is 2.62 bits per heavy atom. The van der Waals surface area contributed by atoms with Gasteiger partial charge in [0, 0.05) is 36.7 Å². The van der Waals surface area contributed by atoms with Gasteiger partial charge in [-0.1, -0.05) is 56.7 Å². The molecule has 32 heavy (non-hydrogen) atoms. The molecular formula is C27H35ClN2O2. The maximum atomic E-state index is 13.7. The van der Waals surface area contributed by atoms with Gasteiger partial charge < -0.3 is 5.32 Å². The van der Waals surface area contributed by atoms with Crippen molar-refractivity contribution in [3.05, 3.63) is 64.2 Å². The lowest BCUT2D eigenvalue weighted by Gasteiger charge is -2.34. The summed E-state index contributed by atoms with van der Waals surface area (Å²) in [5.74, 6) is 0.428. The summed E-state index contributed by atoms with van der Waals surface area (Å²) >= 11 is 0. The number of unbranched alkanes of at least 4 members (excludes halogenated alkanes) is 1. The number of nitrogens with one attached hydrogen (secondary N) is 1. The molecular weight excluding hydrogens is 420 g/mol. The number of fused-ring (bicyclic) bond motifs is 3. The van der Waals surface area contributed by atoms with Crippen LogP contribution in [0.4, 0.5) is 5.69 Å². The number of carbonyl (C=O) groups excluding carboxylic acids is 2. The van der Waals surface area contributed by atoms with Crippen LogP contribution in [0.3, 0.4) is 0 Å². The molecule has 1 aliphatic carbocycles. The number of halogens is 1. The highest BCUT2D eigenvalue weighted by molar-refractivity contribution is 6.06. The molecule has 172 valence electrons. The van der Waals surface area contributed by atoms with E-state index in [9.17, 15) is 9.59 Å². The second-order valence-corrected chi connectivity index (χ2v) is 9.34. The van der Waals surface area contributed by atoms with E-state index in [0.717, 1.165) is 67.7 Å². The standard InChI is InChI=1S/C27H34N2O2.ClH/c1-4-5-13-29(16-20-9-7-6-8-10-20)17-22-12-11-21-14-19(3)26-24(25(21)27(22)31)18(2)15-23(30)28-26;/h6-10,14,18,22H,4-5,11-13,15-17H2,1-3H3,(H,28,30);1H. The number of hydrogen-bond donors (Lipinski definition) is 1. The van der Waals surface area contributed by atoms with Gasteiger partial charge in [0.05, 0.1) is 0 Å². The van der Waals surface area contributed by atoms with Gasteiger partial charge in [-0.15, -0.1) is 12.4 Å². The number of Topliss-reactive ketones (excluding diaryl/α,β-unsaturated/α-hetero) is 1. The fraction of sp³-hybridized carbons (Fsp3) is 0.481. The van der Waals surface area contributed by atoms with Crippen molar-refractivity contribution in [3.63, 3.8) is 0 Å². The van der Waals surface area contributed by atoms with Gasteiger partial charge in [0.25, 0.3) is 0 Å². The van der Waals surface area contributed by atoms with Crippen molar-refractivity contribution in [1.29, 1.82) is 0 Å². The number of rotatable bonds is 7. The van der Waals surface area contributed by atoms with E-state index in [2.05, 4.69) is 54.4 Å². The third-order valence-corrected chi connectivity index (χ3v) is 6.83. The van der Waals surface area contributed by atoms with Crippen molar-refractivity contribution in [2.45, 2.75) is 65.3 Å². The lowest BCUT2D eigenvalue weighted by molar-refractivity contribution is -0.116. The Labute approximate surface area is 198 Å².